The smallest absolute Gasteiger partial charge is 0.165 e. The van der Waals surface area contributed by atoms with Crippen LogP contribution in [0, 0.1) is 0 Å². The van der Waals surface area contributed by atoms with Gasteiger partial charge >= 0.3 is 0 Å². The number of rotatable bonds is 6. The lowest BCUT2D eigenvalue weighted by Crippen LogP contribution is -2.25. The molecular weight excluding hydrogens is 254 g/mol. The predicted octanol–water partition coefficient (Wildman–Crippen LogP) is 0.964. The minimum absolute atomic E-state index is 0.0131. The van der Waals surface area contributed by atoms with Gasteiger partial charge in [-0.3, -0.25) is 4.79 Å². The van der Waals surface area contributed by atoms with Gasteiger partial charge < -0.3 is 10.0 Å². The molecule has 0 radical (unpaired) electrons. The molecule has 1 unspecified atom stereocenters. The third kappa shape index (κ3) is 4.06. The number of carbonyl (C=O) groups is 2. The molecule has 1 aromatic carbocycles. The maximum Gasteiger partial charge on any atom is 0.165 e. The van der Waals surface area contributed by atoms with Crippen molar-refractivity contribution in [3.05, 3.63) is 30.3 Å². The van der Waals surface area contributed by atoms with Gasteiger partial charge in [-0.2, -0.15) is 0 Å². The van der Waals surface area contributed by atoms with Crippen molar-refractivity contribution in [1.29, 1.82) is 0 Å². The summed E-state index contributed by atoms with van der Waals surface area (Å²) in [6, 6.07) is 8.12. The Bertz CT molecular complexity index is 544. The zero-order valence-electron chi connectivity index (χ0n) is 9.96. The van der Waals surface area contributed by atoms with E-state index in [1.165, 1.54) is 6.92 Å². The van der Waals surface area contributed by atoms with Crippen molar-refractivity contribution in [3.63, 3.8) is 0 Å². The molecular formula is C12H15NO4S. The van der Waals surface area contributed by atoms with Crippen molar-refractivity contribution in [1.82, 2.24) is 4.89 Å². The van der Waals surface area contributed by atoms with Crippen LogP contribution in [0.2, 0.25) is 0 Å². The van der Waals surface area contributed by atoms with Gasteiger partial charge in [0, 0.05) is 17.7 Å². The van der Waals surface area contributed by atoms with E-state index in [0.717, 1.165) is 5.37 Å². The van der Waals surface area contributed by atoms with Crippen molar-refractivity contribution in [2.75, 3.05) is 0 Å². The van der Waals surface area contributed by atoms with Gasteiger partial charge in [-0.05, 0) is 19.1 Å². The SMILES string of the molecule is CC(=O)CCC(=O)C=S(=O)(NO)c1ccccc1. The zero-order valence-corrected chi connectivity index (χ0v) is 10.8. The first-order chi connectivity index (χ1) is 8.48. The standard InChI is InChI=1S/C12H15NO4S/c1-10(14)7-8-11(15)9-18(17,13-16)12-5-3-2-4-6-12/h2-6,9,16H,7-8H2,1H3,(H,13,17). The lowest BCUT2D eigenvalue weighted by molar-refractivity contribution is -0.120. The Morgan fingerprint density at radius 2 is 1.89 bits per heavy atom. The monoisotopic (exact) mass is 269 g/mol. The van der Waals surface area contributed by atoms with E-state index < -0.39 is 15.5 Å². The average molecular weight is 269 g/mol. The van der Waals surface area contributed by atoms with Gasteiger partial charge in [0.15, 0.2) is 5.78 Å². The predicted molar refractivity (Wildman–Crippen MR) is 68.8 cm³/mol. The van der Waals surface area contributed by atoms with E-state index in [2.05, 4.69) is 0 Å². The molecule has 1 aromatic rings. The minimum atomic E-state index is -3.13. The van der Waals surface area contributed by atoms with Crippen LogP contribution in [0.4, 0.5) is 0 Å². The van der Waals surface area contributed by atoms with Crippen LogP contribution >= 0.6 is 0 Å². The highest BCUT2D eigenvalue weighted by Crippen LogP contribution is 2.08. The summed E-state index contributed by atoms with van der Waals surface area (Å²) in [5.41, 5.74) is 0. The Morgan fingerprint density at radius 1 is 1.28 bits per heavy atom. The number of hydrogen-bond acceptors (Lipinski definition) is 4. The summed E-state index contributed by atoms with van der Waals surface area (Å²) in [6.07, 6.45) is 0.0892. The molecule has 2 N–H and O–H groups in total. The van der Waals surface area contributed by atoms with E-state index in [4.69, 9.17) is 5.21 Å². The first kappa shape index (κ1) is 14.6. The molecule has 0 heterocycles. The maximum atomic E-state index is 12.3. The molecule has 0 saturated carbocycles. The highest BCUT2D eigenvalue weighted by molar-refractivity contribution is 8.00. The second-order valence-corrected chi connectivity index (χ2v) is 5.88. The summed E-state index contributed by atoms with van der Waals surface area (Å²) in [5.74, 6) is -0.555. The van der Waals surface area contributed by atoms with Gasteiger partial charge in [0.05, 0.1) is 15.1 Å². The van der Waals surface area contributed by atoms with Crippen molar-refractivity contribution in [2.24, 2.45) is 0 Å². The molecule has 0 saturated heterocycles. The molecule has 0 aliphatic heterocycles. The van der Waals surface area contributed by atoms with Gasteiger partial charge in [0.1, 0.15) is 5.78 Å². The van der Waals surface area contributed by atoms with Crippen LogP contribution in [-0.4, -0.2) is 26.4 Å². The van der Waals surface area contributed by atoms with E-state index in [-0.39, 0.29) is 18.6 Å². The van der Waals surface area contributed by atoms with Gasteiger partial charge in [0.25, 0.3) is 0 Å². The quantitative estimate of drug-likeness (QED) is 0.595. The van der Waals surface area contributed by atoms with Crippen LogP contribution in [0.3, 0.4) is 0 Å². The fourth-order valence-electron chi connectivity index (χ4n) is 1.31. The topological polar surface area (TPSA) is 83.5 Å². The Labute approximate surface area is 106 Å². The first-order valence-electron chi connectivity index (χ1n) is 5.35. The number of ketones is 2. The third-order valence-electron chi connectivity index (χ3n) is 2.25. The molecule has 0 spiro atoms. The summed E-state index contributed by atoms with van der Waals surface area (Å²) in [5, 5.41) is 9.92. The van der Waals surface area contributed by atoms with E-state index >= 15 is 0 Å². The highest BCUT2D eigenvalue weighted by atomic mass is 32.2. The molecule has 5 nitrogen and oxygen atoms in total. The molecule has 6 heteroatoms. The van der Waals surface area contributed by atoms with Crippen molar-refractivity contribution < 1.29 is 19.0 Å². The lowest BCUT2D eigenvalue weighted by Gasteiger charge is -2.08. The first-order valence-corrected chi connectivity index (χ1v) is 6.97. The molecule has 0 aliphatic rings. The van der Waals surface area contributed by atoms with Gasteiger partial charge in [-0.25, -0.2) is 4.21 Å². The number of hydrogen-bond donors (Lipinski definition) is 2. The summed E-state index contributed by atoms with van der Waals surface area (Å²) in [4.78, 5) is 24.3. The molecule has 1 rings (SSSR count). The van der Waals surface area contributed by atoms with E-state index in [1.54, 1.807) is 35.2 Å². The summed E-state index contributed by atoms with van der Waals surface area (Å²) < 4.78 is 12.3. The van der Waals surface area contributed by atoms with Crippen LogP contribution < -0.4 is 4.89 Å². The third-order valence-corrected chi connectivity index (χ3v) is 4.09. The van der Waals surface area contributed by atoms with E-state index in [1.807, 2.05) is 0 Å². The van der Waals surface area contributed by atoms with Crippen molar-refractivity contribution in [3.8, 4) is 0 Å². The van der Waals surface area contributed by atoms with Crippen molar-refractivity contribution in [2.45, 2.75) is 24.7 Å². The van der Waals surface area contributed by atoms with Crippen LogP contribution in [0.5, 0.6) is 0 Å². The van der Waals surface area contributed by atoms with E-state index in [9.17, 15) is 13.8 Å². The van der Waals surface area contributed by atoms with Gasteiger partial charge in [0.2, 0.25) is 0 Å². The van der Waals surface area contributed by atoms with Crippen LogP contribution in [0.15, 0.2) is 35.2 Å². The second-order valence-electron chi connectivity index (χ2n) is 3.79. The van der Waals surface area contributed by atoms with Crippen LogP contribution in [0.25, 0.3) is 0 Å². The van der Waals surface area contributed by atoms with Crippen LogP contribution in [-0.2, 0) is 19.3 Å². The summed E-state index contributed by atoms with van der Waals surface area (Å²) in [6.45, 7) is 1.38. The normalized spacial score (nSPS) is 13.7. The Kier molecular flexibility index (Phi) is 5.21. The highest BCUT2D eigenvalue weighted by Gasteiger charge is 2.12. The molecule has 0 amide bonds. The Balaban J connectivity index is 2.98. The Morgan fingerprint density at radius 3 is 2.39 bits per heavy atom. The number of Topliss-reactive ketones (excluding diaryl/α,β-unsaturated/α-hetero) is 2. The molecule has 0 aromatic heterocycles. The average Bonchev–Trinajstić information content (AvgIpc) is 2.37. The second kappa shape index (κ2) is 6.44. The van der Waals surface area contributed by atoms with Gasteiger partial charge in [-0.15, -0.1) is 4.89 Å². The minimum Gasteiger partial charge on any atom is -0.304 e. The largest absolute Gasteiger partial charge is 0.304 e. The molecule has 0 aliphatic carbocycles. The lowest BCUT2D eigenvalue weighted by atomic mass is 10.2. The van der Waals surface area contributed by atoms with Crippen LogP contribution in [0.1, 0.15) is 19.8 Å². The fraction of sp³-hybridized carbons (Fsp3) is 0.250. The molecule has 1 atom stereocenters. The summed E-state index contributed by atoms with van der Waals surface area (Å²) >= 11 is 0. The van der Waals surface area contributed by atoms with E-state index in [0.29, 0.717) is 4.90 Å². The summed E-state index contributed by atoms with van der Waals surface area (Å²) in [7, 11) is -3.13. The molecule has 0 bridgehead atoms. The molecule has 18 heavy (non-hydrogen) atoms. The zero-order chi connectivity index (χ0) is 13.6. The molecule has 98 valence electrons. The molecule has 0 fully saturated rings. The Hall–Kier alpha value is -1.50. The number of benzene rings is 1. The number of carbonyl (C=O) groups excluding carboxylic acids is 2. The maximum absolute atomic E-state index is 12.3. The fourth-order valence-corrected chi connectivity index (χ4v) is 2.66. The number of nitrogens with one attached hydrogen (secondary N) is 1. The van der Waals surface area contributed by atoms with Gasteiger partial charge in [-0.1, -0.05) is 18.2 Å². The van der Waals surface area contributed by atoms with Crippen molar-refractivity contribution >= 4 is 26.6 Å².